The molecular formula is C50H68N12O10S. The average Bonchev–Trinajstić information content (AvgIpc) is 3.79. The molecule has 0 aliphatic heterocycles. The predicted octanol–water partition coefficient (Wildman–Crippen LogP) is -1.30. The van der Waals surface area contributed by atoms with Crippen LogP contribution >= 0.6 is 12.6 Å². The summed E-state index contributed by atoms with van der Waals surface area (Å²) in [5.74, 6) is -8.23. The number of para-hydroxylation sites is 1. The lowest BCUT2D eigenvalue weighted by Gasteiger charge is -2.28. The number of hydrogen-bond donors (Lipinski definition) is 14. The molecule has 22 nitrogen and oxygen atoms in total. The Bertz CT molecular complexity index is 2480. The number of amides is 8. The van der Waals surface area contributed by atoms with Gasteiger partial charge in [-0.15, -0.1) is 0 Å². The van der Waals surface area contributed by atoms with E-state index in [0.29, 0.717) is 48.9 Å². The fraction of sp³-hybridized carbons (Fsp3) is 0.420. The first kappa shape index (κ1) is 58.2. The number of nitrogens with one attached hydrogen (secondary N) is 8. The van der Waals surface area contributed by atoms with Crippen molar-refractivity contribution in [3.63, 3.8) is 0 Å². The van der Waals surface area contributed by atoms with E-state index in [2.05, 4.69) is 54.8 Å². The van der Waals surface area contributed by atoms with Crippen LogP contribution in [0.5, 0.6) is 0 Å². The molecule has 0 saturated carbocycles. The third-order valence-corrected chi connectivity index (χ3v) is 12.1. The van der Waals surface area contributed by atoms with Crippen LogP contribution in [0.1, 0.15) is 61.6 Å². The van der Waals surface area contributed by atoms with Gasteiger partial charge >= 0.3 is 5.97 Å². The molecule has 0 unspecified atom stereocenters. The summed E-state index contributed by atoms with van der Waals surface area (Å²) in [7, 11) is 0. The highest BCUT2D eigenvalue weighted by Gasteiger charge is 2.35. The molecule has 0 saturated heterocycles. The van der Waals surface area contributed by atoms with Gasteiger partial charge in [-0.3, -0.25) is 38.4 Å². The minimum absolute atomic E-state index is 0.0347. The van der Waals surface area contributed by atoms with Gasteiger partial charge in [0.05, 0.1) is 13.0 Å². The fourth-order valence-electron chi connectivity index (χ4n) is 7.85. The summed E-state index contributed by atoms with van der Waals surface area (Å²) in [6.07, 6.45) is 2.47. The zero-order valence-electron chi connectivity index (χ0n) is 40.5. The molecular weight excluding hydrogens is 961 g/mol. The second kappa shape index (κ2) is 30.5. The molecule has 0 fully saturated rings. The fourth-order valence-corrected chi connectivity index (χ4v) is 8.11. The second-order valence-corrected chi connectivity index (χ2v) is 17.8. The topological polar surface area (TPSA) is 378 Å². The molecule has 8 amide bonds. The Morgan fingerprint density at radius 3 is 1.42 bits per heavy atom. The zero-order chi connectivity index (χ0) is 53.3. The second-order valence-electron chi connectivity index (χ2n) is 17.4. The minimum Gasteiger partial charge on any atom is -0.480 e. The number of carboxylic acid groups (broad SMARTS) is 1. The summed E-state index contributed by atoms with van der Waals surface area (Å²) >= 11 is 4.14. The van der Waals surface area contributed by atoms with Crippen molar-refractivity contribution in [2.45, 2.75) is 107 Å². The highest BCUT2D eigenvalue weighted by molar-refractivity contribution is 7.80. The molecule has 1 heterocycles. The van der Waals surface area contributed by atoms with Gasteiger partial charge in [0.1, 0.15) is 42.3 Å². The number of aliphatic carboxylic acids is 1. The van der Waals surface area contributed by atoms with E-state index in [9.17, 15) is 48.3 Å². The van der Waals surface area contributed by atoms with Gasteiger partial charge in [0.2, 0.25) is 47.3 Å². The lowest BCUT2D eigenvalue weighted by Crippen LogP contribution is -2.61. The molecule has 4 aromatic rings. The molecule has 0 radical (unpaired) electrons. The molecule has 7 atom stereocenters. The van der Waals surface area contributed by atoms with Crippen molar-refractivity contribution < 1.29 is 48.3 Å². The molecule has 3 aromatic carbocycles. The Morgan fingerprint density at radius 1 is 0.507 bits per heavy atom. The van der Waals surface area contributed by atoms with Crippen molar-refractivity contribution in [2.75, 3.05) is 25.4 Å². The van der Waals surface area contributed by atoms with Gasteiger partial charge in [0, 0.05) is 42.1 Å². The molecule has 23 heteroatoms. The van der Waals surface area contributed by atoms with Gasteiger partial charge in [0.15, 0.2) is 0 Å². The smallest absolute Gasteiger partial charge is 0.326 e. The number of carbonyl (C=O) groups is 9. The van der Waals surface area contributed by atoms with Crippen molar-refractivity contribution in [3.05, 3.63) is 108 Å². The number of benzene rings is 3. The van der Waals surface area contributed by atoms with E-state index in [1.807, 2.05) is 18.2 Å². The molecule has 394 valence electrons. The number of fused-ring (bicyclic) bond motifs is 1. The Hall–Kier alpha value is -7.34. The number of thiol groups is 1. The van der Waals surface area contributed by atoms with Crippen LogP contribution in [-0.4, -0.2) is 131 Å². The van der Waals surface area contributed by atoms with Gasteiger partial charge < -0.3 is 70.2 Å². The number of rotatable bonds is 32. The van der Waals surface area contributed by atoms with Crippen molar-refractivity contribution >= 4 is 76.8 Å². The largest absolute Gasteiger partial charge is 0.480 e. The van der Waals surface area contributed by atoms with Crippen LogP contribution in [0, 0.1) is 0 Å². The van der Waals surface area contributed by atoms with Gasteiger partial charge in [-0.1, -0.05) is 78.9 Å². The Morgan fingerprint density at radius 2 is 0.932 bits per heavy atom. The molecule has 0 aliphatic rings. The van der Waals surface area contributed by atoms with Crippen LogP contribution in [0.3, 0.4) is 0 Å². The van der Waals surface area contributed by atoms with Crippen LogP contribution in [0.4, 0.5) is 0 Å². The standard InChI is InChI=1S/C50H68N12O10S/c51-21-11-9-19-35(57-49(70)41(29-73)56-43(64)27-53)44(65)62-40(26-42(54)63)48(69)60-37(23-30-13-3-1-4-14-30)45(66)59-38(24-31-15-5-2-6-16-31)46(67)61-39(25-32-28-55-34-18-8-7-17-33(32)34)47(68)58-36(50(71)72)20-10-12-22-52/h1-8,13-18,28,35-41,55,73H,9-12,19-27,29,51-53H2,(H2,54,63)(H,56,64)(H,57,70)(H,58,68)(H,59,66)(H,60,69)(H,61,67)(H,62,65)(H,71,72)/t35-,36-,37-,38-,39-,40-,41-/m0/s1. The van der Waals surface area contributed by atoms with E-state index in [1.165, 1.54) is 0 Å². The van der Waals surface area contributed by atoms with Gasteiger partial charge in [-0.25, -0.2) is 4.79 Å². The van der Waals surface area contributed by atoms with Gasteiger partial charge in [-0.05, 0) is 74.4 Å². The molecule has 1 aromatic heterocycles. The molecule has 0 aliphatic carbocycles. The van der Waals surface area contributed by atoms with Crippen molar-refractivity contribution in [1.82, 2.24) is 42.2 Å². The van der Waals surface area contributed by atoms with E-state index < -0.39 is 108 Å². The number of aromatic amines is 1. The van der Waals surface area contributed by atoms with Crippen molar-refractivity contribution in [3.8, 4) is 0 Å². The Kier molecular flexibility index (Phi) is 24.3. The first-order valence-corrected chi connectivity index (χ1v) is 24.7. The number of carboxylic acids is 1. The highest BCUT2D eigenvalue weighted by atomic mass is 32.1. The quantitative estimate of drug-likeness (QED) is 0.0200. The number of hydrogen-bond acceptors (Lipinski definition) is 13. The Balaban J connectivity index is 1.66. The normalized spacial score (nSPS) is 13.9. The van der Waals surface area contributed by atoms with Crippen molar-refractivity contribution in [1.29, 1.82) is 0 Å². The summed E-state index contributed by atoms with van der Waals surface area (Å²) in [6.45, 7) is 0.179. The molecule has 17 N–H and O–H groups in total. The summed E-state index contributed by atoms with van der Waals surface area (Å²) in [5.41, 5.74) is 24.8. The maximum atomic E-state index is 14.6. The summed E-state index contributed by atoms with van der Waals surface area (Å²) in [5, 5.41) is 29.0. The Labute approximate surface area is 428 Å². The van der Waals surface area contributed by atoms with Crippen LogP contribution in [0.25, 0.3) is 10.9 Å². The zero-order valence-corrected chi connectivity index (χ0v) is 41.4. The third kappa shape index (κ3) is 19.3. The lowest BCUT2D eigenvalue weighted by atomic mass is 10.00. The predicted molar refractivity (Wildman–Crippen MR) is 276 cm³/mol. The molecule has 0 spiro atoms. The van der Waals surface area contributed by atoms with Crippen LogP contribution in [0.15, 0.2) is 91.1 Å². The number of carbonyl (C=O) groups excluding carboxylic acids is 8. The molecule has 4 rings (SSSR count). The van der Waals surface area contributed by atoms with Gasteiger partial charge in [-0.2, -0.15) is 12.6 Å². The minimum atomic E-state index is -1.68. The number of H-pyrrole nitrogens is 1. The van der Waals surface area contributed by atoms with Crippen LogP contribution in [0.2, 0.25) is 0 Å². The highest BCUT2D eigenvalue weighted by Crippen LogP contribution is 2.20. The summed E-state index contributed by atoms with van der Waals surface area (Å²) in [4.78, 5) is 125. The number of aromatic nitrogens is 1. The maximum absolute atomic E-state index is 14.6. The maximum Gasteiger partial charge on any atom is 0.326 e. The number of nitrogens with two attached hydrogens (primary N) is 4. The van der Waals surface area contributed by atoms with Crippen molar-refractivity contribution in [2.24, 2.45) is 22.9 Å². The van der Waals surface area contributed by atoms with E-state index in [4.69, 9.17) is 22.9 Å². The van der Waals surface area contributed by atoms with Crippen LogP contribution < -0.4 is 60.2 Å². The number of unbranched alkanes of at least 4 members (excludes halogenated alkanes) is 2. The molecule has 0 bridgehead atoms. The first-order chi connectivity index (χ1) is 35.1. The SMILES string of the molecule is NCCCC[C@H](NC(=O)[C@H](Cc1c[nH]c2ccccc12)NC(=O)[C@H](Cc1ccccc1)NC(=O)[C@H](Cc1ccccc1)NC(=O)[C@H](CC(N)=O)NC(=O)[C@H](CCCCN)NC(=O)[C@H](CS)NC(=O)CN)C(=O)O. The number of primary amides is 1. The molecule has 73 heavy (non-hydrogen) atoms. The van der Waals surface area contributed by atoms with E-state index in [-0.39, 0.29) is 44.4 Å². The van der Waals surface area contributed by atoms with E-state index in [1.54, 1.807) is 72.9 Å². The van der Waals surface area contributed by atoms with E-state index in [0.717, 1.165) is 10.9 Å². The summed E-state index contributed by atoms with van der Waals surface area (Å²) < 4.78 is 0. The monoisotopic (exact) mass is 1030 g/mol. The van der Waals surface area contributed by atoms with Crippen LogP contribution in [-0.2, 0) is 62.4 Å². The lowest BCUT2D eigenvalue weighted by molar-refractivity contribution is -0.142. The third-order valence-electron chi connectivity index (χ3n) is 11.8. The summed E-state index contributed by atoms with van der Waals surface area (Å²) in [6, 6.07) is 14.8. The average molecular weight is 1030 g/mol. The van der Waals surface area contributed by atoms with E-state index >= 15 is 0 Å². The van der Waals surface area contributed by atoms with Gasteiger partial charge in [0.25, 0.3) is 0 Å². The first-order valence-electron chi connectivity index (χ1n) is 24.0.